The van der Waals surface area contributed by atoms with Crippen LogP contribution in [-0.4, -0.2) is 26.4 Å². The summed E-state index contributed by atoms with van der Waals surface area (Å²) in [5, 5.41) is 0. The zero-order chi connectivity index (χ0) is 10.9. The fourth-order valence-electron chi connectivity index (χ4n) is 1.52. The highest BCUT2D eigenvalue weighted by Gasteiger charge is 2.15. The molecule has 0 saturated carbocycles. The maximum atomic E-state index is 5.35. The predicted octanol–water partition coefficient (Wildman–Crippen LogP) is 2.11. The molecule has 0 aromatic heterocycles. The quantitative estimate of drug-likeness (QED) is 0.858. The summed E-state index contributed by atoms with van der Waals surface area (Å²) >= 11 is 0. The number of ether oxygens (including phenoxy) is 2. The van der Waals surface area contributed by atoms with Gasteiger partial charge in [0.1, 0.15) is 0 Å². The Morgan fingerprint density at radius 2 is 2.00 bits per heavy atom. The van der Waals surface area contributed by atoms with Crippen molar-refractivity contribution in [3.05, 3.63) is 23.8 Å². The van der Waals surface area contributed by atoms with E-state index in [0.29, 0.717) is 6.79 Å². The third-order valence-corrected chi connectivity index (χ3v) is 4.68. The summed E-state index contributed by atoms with van der Waals surface area (Å²) in [7, 11) is 1.28. The van der Waals surface area contributed by atoms with Crippen molar-refractivity contribution >= 4 is 10.2 Å². The standard InChI is InChI=1S/C11H17NO2S/c1-12-15(2,3)7-9-4-5-10-11(6-9)14-8-13-10/h4-6,12H,7-8H2,1-3H3. The molecule has 0 radical (unpaired) electrons. The van der Waals surface area contributed by atoms with Crippen LogP contribution in [0.3, 0.4) is 0 Å². The van der Waals surface area contributed by atoms with Gasteiger partial charge in [-0.3, -0.25) is 4.72 Å². The van der Waals surface area contributed by atoms with E-state index in [-0.39, 0.29) is 0 Å². The first-order chi connectivity index (χ1) is 7.11. The van der Waals surface area contributed by atoms with Crippen LogP contribution in [0.4, 0.5) is 0 Å². The second-order valence-electron chi connectivity index (χ2n) is 4.07. The molecular formula is C11H17NO2S. The molecule has 2 rings (SSSR count). The van der Waals surface area contributed by atoms with Crippen molar-refractivity contribution < 1.29 is 9.47 Å². The van der Waals surface area contributed by atoms with Gasteiger partial charge in [-0.05, 0) is 37.3 Å². The van der Waals surface area contributed by atoms with E-state index >= 15 is 0 Å². The lowest BCUT2D eigenvalue weighted by Crippen LogP contribution is -2.15. The topological polar surface area (TPSA) is 30.5 Å². The van der Waals surface area contributed by atoms with Gasteiger partial charge in [-0.1, -0.05) is 6.07 Å². The summed E-state index contributed by atoms with van der Waals surface area (Å²) in [4.78, 5) is 0. The smallest absolute Gasteiger partial charge is 0.231 e. The van der Waals surface area contributed by atoms with E-state index in [4.69, 9.17) is 9.47 Å². The Labute approximate surface area is 92.2 Å². The molecule has 1 N–H and O–H groups in total. The van der Waals surface area contributed by atoms with E-state index in [1.807, 2.05) is 13.1 Å². The SMILES string of the molecule is CNS(C)(C)Cc1ccc2c(c1)OCO2. The highest BCUT2D eigenvalue weighted by atomic mass is 32.3. The summed E-state index contributed by atoms with van der Waals surface area (Å²) < 4.78 is 14.0. The molecule has 1 aliphatic rings. The lowest BCUT2D eigenvalue weighted by Gasteiger charge is -2.30. The molecule has 3 nitrogen and oxygen atoms in total. The molecule has 0 atom stereocenters. The average molecular weight is 227 g/mol. The predicted molar refractivity (Wildman–Crippen MR) is 64.8 cm³/mol. The summed E-state index contributed by atoms with van der Waals surface area (Å²) in [6.07, 6.45) is 4.52. The molecule has 0 aliphatic carbocycles. The molecule has 1 heterocycles. The lowest BCUT2D eigenvalue weighted by atomic mass is 10.2. The molecule has 0 saturated heterocycles. The minimum absolute atomic E-state index is 0.348. The number of hydrogen-bond donors (Lipinski definition) is 1. The van der Waals surface area contributed by atoms with Gasteiger partial charge < -0.3 is 9.47 Å². The van der Waals surface area contributed by atoms with Gasteiger partial charge in [0, 0.05) is 5.75 Å². The van der Waals surface area contributed by atoms with E-state index < -0.39 is 10.2 Å². The number of fused-ring (bicyclic) bond motifs is 1. The van der Waals surface area contributed by atoms with Crippen LogP contribution in [0.1, 0.15) is 5.56 Å². The Hall–Kier alpha value is -0.870. The summed E-state index contributed by atoms with van der Waals surface area (Å²) in [5.41, 5.74) is 1.30. The van der Waals surface area contributed by atoms with E-state index in [2.05, 4.69) is 29.4 Å². The third-order valence-electron chi connectivity index (χ3n) is 2.52. The van der Waals surface area contributed by atoms with Crippen LogP contribution in [0.25, 0.3) is 0 Å². The van der Waals surface area contributed by atoms with E-state index in [0.717, 1.165) is 17.3 Å². The minimum Gasteiger partial charge on any atom is -0.454 e. The number of benzene rings is 1. The van der Waals surface area contributed by atoms with Crippen LogP contribution < -0.4 is 14.2 Å². The molecule has 0 spiro atoms. The van der Waals surface area contributed by atoms with Gasteiger partial charge in [0.15, 0.2) is 11.5 Å². The Bertz CT molecular complexity index is 366. The zero-order valence-electron chi connectivity index (χ0n) is 9.37. The normalized spacial score (nSPS) is 15.4. The van der Waals surface area contributed by atoms with Crippen LogP contribution in [0, 0.1) is 0 Å². The van der Waals surface area contributed by atoms with Gasteiger partial charge in [-0.2, -0.15) is 10.2 Å². The molecule has 1 aromatic rings. The van der Waals surface area contributed by atoms with Crippen molar-refractivity contribution in [2.75, 3.05) is 26.4 Å². The Morgan fingerprint density at radius 1 is 1.27 bits per heavy atom. The van der Waals surface area contributed by atoms with Gasteiger partial charge in [-0.25, -0.2) is 0 Å². The fraction of sp³-hybridized carbons (Fsp3) is 0.455. The first-order valence-electron chi connectivity index (χ1n) is 4.89. The number of hydrogen-bond acceptors (Lipinski definition) is 3. The van der Waals surface area contributed by atoms with Gasteiger partial charge in [0.05, 0.1) is 0 Å². The van der Waals surface area contributed by atoms with Crippen molar-refractivity contribution in [2.45, 2.75) is 5.75 Å². The molecule has 15 heavy (non-hydrogen) atoms. The summed E-state index contributed by atoms with van der Waals surface area (Å²) in [6, 6.07) is 6.18. The second-order valence-corrected chi connectivity index (χ2v) is 7.85. The highest BCUT2D eigenvalue weighted by Crippen LogP contribution is 2.41. The molecule has 4 heteroatoms. The third kappa shape index (κ3) is 2.38. The van der Waals surface area contributed by atoms with Gasteiger partial charge in [-0.15, -0.1) is 0 Å². The second kappa shape index (κ2) is 3.94. The Kier molecular flexibility index (Phi) is 2.80. The number of rotatable bonds is 3. The maximum absolute atomic E-state index is 5.35. The van der Waals surface area contributed by atoms with Crippen LogP contribution in [0.2, 0.25) is 0 Å². The fourth-order valence-corrected chi connectivity index (χ4v) is 2.68. The molecular weight excluding hydrogens is 210 g/mol. The summed E-state index contributed by atoms with van der Waals surface area (Å²) in [5.74, 6) is 2.79. The minimum atomic E-state index is -0.736. The Balaban J connectivity index is 2.17. The molecule has 1 aliphatic heterocycles. The average Bonchev–Trinajstić information content (AvgIpc) is 2.64. The lowest BCUT2D eigenvalue weighted by molar-refractivity contribution is 0.174. The molecule has 0 amide bonds. The Morgan fingerprint density at radius 3 is 2.73 bits per heavy atom. The van der Waals surface area contributed by atoms with E-state index in [1.54, 1.807) is 0 Å². The van der Waals surface area contributed by atoms with Crippen molar-refractivity contribution in [1.82, 2.24) is 4.72 Å². The zero-order valence-corrected chi connectivity index (χ0v) is 10.2. The van der Waals surface area contributed by atoms with Crippen molar-refractivity contribution in [1.29, 1.82) is 0 Å². The van der Waals surface area contributed by atoms with Crippen LogP contribution >= 0.6 is 10.2 Å². The van der Waals surface area contributed by atoms with Crippen molar-refractivity contribution in [2.24, 2.45) is 0 Å². The maximum Gasteiger partial charge on any atom is 0.231 e. The van der Waals surface area contributed by atoms with Gasteiger partial charge in [0.25, 0.3) is 0 Å². The highest BCUT2D eigenvalue weighted by molar-refractivity contribution is 8.30. The first-order valence-corrected chi connectivity index (χ1v) is 7.51. The van der Waals surface area contributed by atoms with Gasteiger partial charge >= 0.3 is 0 Å². The van der Waals surface area contributed by atoms with E-state index in [9.17, 15) is 0 Å². The monoisotopic (exact) mass is 227 g/mol. The molecule has 84 valence electrons. The molecule has 0 bridgehead atoms. The molecule has 0 fully saturated rings. The van der Waals surface area contributed by atoms with Gasteiger partial charge in [0.2, 0.25) is 6.79 Å². The van der Waals surface area contributed by atoms with Crippen molar-refractivity contribution in [3.63, 3.8) is 0 Å². The van der Waals surface area contributed by atoms with Crippen LogP contribution in [-0.2, 0) is 5.75 Å². The largest absolute Gasteiger partial charge is 0.454 e. The number of nitrogens with one attached hydrogen (secondary N) is 1. The molecule has 0 unspecified atom stereocenters. The van der Waals surface area contributed by atoms with Crippen LogP contribution in [0.15, 0.2) is 18.2 Å². The first kappa shape index (κ1) is 10.6. The van der Waals surface area contributed by atoms with Crippen LogP contribution in [0.5, 0.6) is 11.5 Å². The van der Waals surface area contributed by atoms with E-state index in [1.165, 1.54) is 5.56 Å². The van der Waals surface area contributed by atoms with Crippen molar-refractivity contribution in [3.8, 4) is 11.5 Å². The molecule has 1 aromatic carbocycles. The summed E-state index contributed by atoms with van der Waals surface area (Å²) in [6.45, 7) is 0.348.